The predicted octanol–water partition coefficient (Wildman–Crippen LogP) is 8.76. The van der Waals surface area contributed by atoms with Crippen molar-refractivity contribution in [3.05, 3.63) is 174 Å². The zero-order chi connectivity index (χ0) is 29.7. The van der Waals surface area contributed by atoms with Crippen molar-refractivity contribution < 1.29 is 4.42 Å². The molecule has 5 nitrogen and oxygen atoms in total. The van der Waals surface area contributed by atoms with Gasteiger partial charge in [-0.25, -0.2) is 4.99 Å². The molecule has 3 atom stereocenters. The number of aliphatic imine (C=N–C) groups is 1. The van der Waals surface area contributed by atoms with E-state index in [1.165, 1.54) is 21.5 Å². The SMILES string of the molecule is C1=C(c2ccc3ccccc3c2)c2oc3ccccc3c2C(C2=NC(c3ccccc3)NC(c3ccc4ccccc4c3)N2)N1. The van der Waals surface area contributed by atoms with Gasteiger partial charge in [0.05, 0.1) is 0 Å². The van der Waals surface area contributed by atoms with E-state index in [-0.39, 0.29) is 18.4 Å². The first-order chi connectivity index (χ1) is 22.3. The molecule has 2 aliphatic heterocycles. The topological polar surface area (TPSA) is 61.6 Å². The predicted molar refractivity (Wildman–Crippen MR) is 183 cm³/mol. The maximum absolute atomic E-state index is 6.66. The average molecular weight is 583 g/mol. The monoisotopic (exact) mass is 582 g/mol. The molecular formula is C40H30N4O. The van der Waals surface area contributed by atoms with E-state index in [1.807, 2.05) is 18.2 Å². The van der Waals surface area contributed by atoms with Crippen LogP contribution in [0.3, 0.4) is 0 Å². The maximum atomic E-state index is 6.66. The Hall–Kier alpha value is -5.65. The van der Waals surface area contributed by atoms with E-state index in [1.54, 1.807) is 0 Å². The largest absolute Gasteiger partial charge is 0.456 e. The quantitative estimate of drug-likeness (QED) is 0.194. The second-order valence-corrected chi connectivity index (χ2v) is 11.7. The zero-order valence-corrected chi connectivity index (χ0v) is 24.4. The molecule has 3 N–H and O–H groups in total. The van der Waals surface area contributed by atoms with E-state index < -0.39 is 0 Å². The Kier molecular flexibility index (Phi) is 6.03. The van der Waals surface area contributed by atoms with Gasteiger partial charge in [0, 0.05) is 22.7 Å². The Morgan fingerprint density at radius 3 is 2.11 bits per heavy atom. The van der Waals surface area contributed by atoms with Crippen LogP contribution in [0.25, 0.3) is 38.1 Å². The molecule has 0 fully saturated rings. The molecule has 9 rings (SSSR count). The van der Waals surface area contributed by atoms with Gasteiger partial charge in [-0.1, -0.05) is 121 Å². The molecule has 7 aromatic rings. The summed E-state index contributed by atoms with van der Waals surface area (Å²) in [5, 5.41) is 17.2. The van der Waals surface area contributed by atoms with Crippen LogP contribution in [-0.4, -0.2) is 5.84 Å². The van der Waals surface area contributed by atoms with Crippen LogP contribution in [0.5, 0.6) is 0 Å². The Bertz CT molecular complexity index is 2280. The fourth-order valence-electron chi connectivity index (χ4n) is 6.75. The minimum atomic E-state index is -0.232. The number of rotatable bonds is 4. The molecule has 3 heterocycles. The van der Waals surface area contributed by atoms with E-state index >= 15 is 0 Å². The smallest absolute Gasteiger partial charge is 0.143 e. The third-order valence-corrected chi connectivity index (χ3v) is 9.00. The van der Waals surface area contributed by atoms with Crippen LogP contribution in [0, 0.1) is 0 Å². The van der Waals surface area contributed by atoms with Gasteiger partial charge in [-0.15, -0.1) is 0 Å². The standard InChI is InChI=1S/C40H30N4O/c1-2-12-27(13-3-1)38-42-39(31-21-19-26-11-5-7-15-29(26)23-31)44-40(43-38)36-35-32-16-8-9-17-34(32)45-37(35)33(24-41-36)30-20-18-25-10-4-6-14-28(25)22-30/h1-24,36,38-39,41-42H,(H,43,44). The van der Waals surface area contributed by atoms with Crippen molar-refractivity contribution >= 4 is 43.9 Å². The van der Waals surface area contributed by atoms with Crippen molar-refractivity contribution in [1.29, 1.82) is 0 Å². The lowest BCUT2D eigenvalue weighted by Gasteiger charge is -2.36. The summed E-state index contributed by atoms with van der Waals surface area (Å²) < 4.78 is 6.66. The van der Waals surface area contributed by atoms with Gasteiger partial charge < -0.3 is 15.1 Å². The summed E-state index contributed by atoms with van der Waals surface area (Å²) in [6, 6.07) is 48.7. The number of furan rings is 1. The molecule has 0 radical (unpaired) electrons. The maximum Gasteiger partial charge on any atom is 0.143 e. The summed E-state index contributed by atoms with van der Waals surface area (Å²) in [5.74, 6) is 1.74. The Morgan fingerprint density at radius 2 is 1.29 bits per heavy atom. The highest BCUT2D eigenvalue weighted by Crippen LogP contribution is 2.42. The van der Waals surface area contributed by atoms with E-state index in [9.17, 15) is 0 Å². The molecule has 0 aliphatic carbocycles. The average Bonchev–Trinajstić information content (AvgIpc) is 3.51. The minimum absolute atomic E-state index is 0.151. The highest BCUT2D eigenvalue weighted by Gasteiger charge is 2.35. The fraction of sp³-hybridized carbons (Fsp3) is 0.0750. The van der Waals surface area contributed by atoms with Gasteiger partial charge in [-0.2, -0.15) is 0 Å². The first-order valence-corrected chi connectivity index (χ1v) is 15.4. The molecule has 5 heteroatoms. The van der Waals surface area contributed by atoms with E-state index in [2.05, 4.69) is 143 Å². The molecule has 0 spiro atoms. The van der Waals surface area contributed by atoms with Crippen molar-refractivity contribution in [1.82, 2.24) is 16.0 Å². The fourth-order valence-corrected chi connectivity index (χ4v) is 6.75. The highest BCUT2D eigenvalue weighted by molar-refractivity contribution is 6.01. The second-order valence-electron chi connectivity index (χ2n) is 11.7. The molecule has 0 amide bonds. The summed E-state index contributed by atoms with van der Waals surface area (Å²) in [6.45, 7) is 0. The number of benzene rings is 6. The lowest BCUT2D eigenvalue weighted by Crippen LogP contribution is -2.49. The van der Waals surface area contributed by atoms with Crippen molar-refractivity contribution in [2.75, 3.05) is 0 Å². The number of para-hydroxylation sites is 1. The first-order valence-electron chi connectivity index (χ1n) is 15.4. The molecule has 216 valence electrons. The van der Waals surface area contributed by atoms with Gasteiger partial charge in [0.2, 0.25) is 0 Å². The van der Waals surface area contributed by atoms with Crippen LogP contribution < -0.4 is 16.0 Å². The first kappa shape index (κ1) is 25.8. The molecule has 0 bridgehead atoms. The lowest BCUT2D eigenvalue weighted by molar-refractivity contribution is 0.399. The van der Waals surface area contributed by atoms with Crippen molar-refractivity contribution in [3.8, 4) is 0 Å². The lowest BCUT2D eigenvalue weighted by atomic mass is 9.91. The van der Waals surface area contributed by atoms with Gasteiger partial charge >= 0.3 is 0 Å². The Balaban J connectivity index is 1.17. The summed E-state index contributed by atoms with van der Waals surface area (Å²) in [4.78, 5) is 5.30. The molecule has 45 heavy (non-hydrogen) atoms. The Labute approximate surface area is 260 Å². The Morgan fingerprint density at radius 1 is 0.600 bits per heavy atom. The van der Waals surface area contributed by atoms with Gasteiger partial charge in [0.1, 0.15) is 35.6 Å². The second kappa shape index (κ2) is 10.5. The van der Waals surface area contributed by atoms with Crippen LogP contribution in [0.4, 0.5) is 0 Å². The van der Waals surface area contributed by atoms with Crippen LogP contribution in [0.2, 0.25) is 0 Å². The summed E-state index contributed by atoms with van der Waals surface area (Å²) >= 11 is 0. The number of nitrogens with zero attached hydrogens (tertiary/aromatic N) is 1. The molecule has 6 aromatic carbocycles. The van der Waals surface area contributed by atoms with Crippen molar-refractivity contribution in [2.24, 2.45) is 4.99 Å². The van der Waals surface area contributed by atoms with Crippen molar-refractivity contribution in [3.63, 3.8) is 0 Å². The molecule has 0 saturated carbocycles. The van der Waals surface area contributed by atoms with Gasteiger partial charge in [0.25, 0.3) is 0 Å². The molecule has 1 aromatic heterocycles. The number of nitrogens with one attached hydrogen (secondary N) is 3. The number of hydrogen-bond acceptors (Lipinski definition) is 5. The summed E-state index contributed by atoms with van der Waals surface area (Å²) in [6.07, 6.45) is 1.71. The molecule has 3 unspecified atom stereocenters. The van der Waals surface area contributed by atoms with Crippen LogP contribution in [-0.2, 0) is 0 Å². The molecule has 2 aliphatic rings. The normalized spacial score (nSPS) is 19.4. The number of fused-ring (bicyclic) bond motifs is 5. The number of hydrogen-bond donors (Lipinski definition) is 3. The minimum Gasteiger partial charge on any atom is -0.456 e. The molecule has 0 saturated heterocycles. The van der Waals surface area contributed by atoms with Crippen molar-refractivity contribution in [2.45, 2.75) is 18.4 Å². The zero-order valence-electron chi connectivity index (χ0n) is 24.4. The van der Waals surface area contributed by atoms with E-state index in [4.69, 9.17) is 9.41 Å². The van der Waals surface area contributed by atoms with E-state index in [0.717, 1.165) is 50.4 Å². The van der Waals surface area contributed by atoms with Gasteiger partial charge in [-0.3, -0.25) is 5.32 Å². The summed E-state index contributed by atoms with van der Waals surface area (Å²) in [5.41, 5.74) is 6.36. The number of amidine groups is 1. The van der Waals surface area contributed by atoms with Crippen LogP contribution >= 0.6 is 0 Å². The van der Waals surface area contributed by atoms with Gasteiger partial charge in [-0.05, 0) is 56.4 Å². The summed E-state index contributed by atoms with van der Waals surface area (Å²) in [7, 11) is 0. The highest BCUT2D eigenvalue weighted by atomic mass is 16.3. The third kappa shape index (κ3) is 4.48. The molecular weight excluding hydrogens is 552 g/mol. The third-order valence-electron chi connectivity index (χ3n) is 9.00. The van der Waals surface area contributed by atoms with Crippen LogP contribution in [0.1, 0.15) is 46.4 Å². The van der Waals surface area contributed by atoms with E-state index in [0.29, 0.717) is 0 Å². The van der Waals surface area contributed by atoms with Gasteiger partial charge in [0.15, 0.2) is 0 Å². The van der Waals surface area contributed by atoms with Crippen LogP contribution in [0.15, 0.2) is 155 Å².